The molecule has 3 heterocycles. The number of morpholine rings is 1. The molecule has 3 saturated heterocycles. The highest BCUT2D eigenvalue weighted by Gasteiger charge is 2.32. The van der Waals surface area contributed by atoms with Crippen LogP contribution in [0.15, 0.2) is 29.3 Å². The van der Waals surface area contributed by atoms with E-state index in [1.165, 1.54) is 56.6 Å². The Labute approximate surface area is 192 Å². The molecule has 3 aliphatic rings. The summed E-state index contributed by atoms with van der Waals surface area (Å²) in [6.45, 7) is 8.47. The van der Waals surface area contributed by atoms with Gasteiger partial charge >= 0.3 is 0 Å². The second kappa shape index (κ2) is 10.8. The molecule has 6 nitrogen and oxygen atoms in total. The molecule has 3 fully saturated rings. The molecule has 3 aliphatic heterocycles. The molecule has 29 heavy (non-hydrogen) atoms. The fourth-order valence-electron chi connectivity index (χ4n) is 4.67. The second-order valence-corrected chi connectivity index (χ2v) is 8.35. The van der Waals surface area contributed by atoms with Crippen LogP contribution < -0.4 is 15.5 Å². The maximum absolute atomic E-state index is 6.06. The van der Waals surface area contributed by atoms with Crippen molar-refractivity contribution in [3.8, 4) is 0 Å². The zero-order valence-corrected chi connectivity index (χ0v) is 20.1. The number of ether oxygens (including phenoxy) is 1. The van der Waals surface area contributed by atoms with Crippen LogP contribution in [0.1, 0.15) is 44.2 Å². The Bertz CT molecular complexity index is 679. The van der Waals surface area contributed by atoms with E-state index < -0.39 is 0 Å². The molecule has 162 valence electrons. The van der Waals surface area contributed by atoms with Gasteiger partial charge in [0.05, 0.1) is 18.8 Å². The Balaban J connectivity index is 0.00000240. The van der Waals surface area contributed by atoms with E-state index in [2.05, 4.69) is 56.6 Å². The molecular weight excluding hydrogens is 477 g/mol. The highest BCUT2D eigenvalue weighted by Crippen LogP contribution is 2.24. The minimum absolute atomic E-state index is 0. The molecule has 0 radical (unpaired) electrons. The van der Waals surface area contributed by atoms with E-state index in [0.717, 1.165) is 25.7 Å². The Hall–Kier alpha value is -1.06. The second-order valence-electron chi connectivity index (χ2n) is 8.35. The average molecular weight is 513 g/mol. The summed E-state index contributed by atoms with van der Waals surface area (Å²) in [7, 11) is 1.83. The lowest BCUT2D eigenvalue weighted by Gasteiger charge is -2.35. The quantitative estimate of drug-likeness (QED) is 0.360. The molecule has 1 aromatic rings. The molecule has 2 N–H and O–H groups in total. The van der Waals surface area contributed by atoms with Crippen LogP contribution >= 0.6 is 24.0 Å². The third-order valence-electron chi connectivity index (χ3n) is 6.38. The normalized spacial score (nSPS) is 26.0. The summed E-state index contributed by atoms with van der Waals surface area (Å²) >= 11 is 0. The summed E-state index contributed by atoms with van der Waals surface area (Å²) in [6, 6.07) is 9.75. The number of nitrogens with one attached hydrogen (secondary N) is 2. The van der Waals surface area contributed by atoms with Crippen molar-refractivity contribution in [2.45, 2.75) is 50.8 Å². The molecule has 0 amide bonds. The molecule has 3 atom stereocenters. The molecule has 0 spiro atoms. The SMILES string of the molecule is CN=C(NCC1CN2CCCC2CO1)NC(C)c1cccc(N2CCCC2)c1.I. The van der Waals surface area contributed by atoms with Gasteiger partial charge in [0.25, 0.3) is 0 Å². The molecule has 0 aliphatic carbocycles. The first kappa shape index (κ1) is 22.6. The number of rotatable bonds is 5. The number of hydrogen-bond acceptors (Lipinski definition) is 4. The molecule has 1 aromatic carbocycles. The fraction of sp³-hybridized carbons (Fsp3) is 0.682. The molecule has 0 bridgehead atoms. The van der Waals surface area contributed by atoms with E-state index >= 15 is 0 Å². The van der Waals surface area contributed by atoms with Gasteiger partial charge in [0.1, 0.15) is 0 Å². The minimum Gasteiger partial charge on any atom is -0.373 e. The lowest BCUT2D eigenvalue weighted by atomic mass is 10.1. The van der Waals surface area contributed by atoms with Gasteiger partial charge in [0.15, 0.2) is 5.96 Å². The van der Waals surface area contributed by atoms with Crippen molar-refractivity contribution in [2.24, 2.45) is 4.99 Å². The lowest BCUT2D eigenvalue weighted by molar-refractivity contribution is -0.0453. The van der Waals surface area contributed by atoms with Crippen LogP contribution in [0.4, 0.5) is 5.69 Å². The first-order valence-electron chi connectivity index (χ1n) is 10.9. The van der Waals surface area contributed by atoms with Crippen LogP contribution in [0.25, 0.3) is 0 Å². The van der Waals surface area contributed by atoms with E-state index in [0.29, 0.717) is 6.04 Å². The van der Waals surface area contributed by atoms with Gasteiger partial charge in [-0.1, -0.05) is 12.1 Å². The van der Waals surface area contributed by atoms with E-state index in [-0.39, 0.29) is 36.1 Å². The van der Waals surface area contributed by atoms with Gasteiger partial charge in [-0.05, 0) is 56.8 Å². The topological polar surface area (TPSA) is 52.1 Å². The third-order valence-corrected chi connectivity index (χ3v) is 6.38. The number of benzene rings is 1. The Kier molecular flexibility index (Phi) is 8.44. The van der Waals surface area contributed by atoms with Crippen LogP contribution in [0, 0.1) is 0 Å². The smallest absolute Gasteiger partial charge is 0.191 e. The summed E-state index contributed by atoms with van der Waals surface area (Å²) in [5, 5.41) is 7.00. The van der Waals surface area contributed by atoms with E-state index in [9.17, 15) is 0 Å². The van der Waals surface area contributed by atoms with Gasteiger partial charge in [0.2, 0.25) is 0 Å². The number of fused-ring (bicyclic) bond motifs is 1. The average Bonchev–Trinajstić information content (AvgIpc) is 3.42. The van der Waals surface area contributed by atoms with Gasteiger partial charge in [-0.25, -0.2) is 0 Å². The fourth-order valence-corrected chi connectivity index (χ4v) is 4.67. The van der Waals surface area contributed by atoms with Gasteiger partial charge in [0, 0.05) is 45.0 Å². The Morgan fingerprint density at radius 3 is 2.86 bits per heavy atom. The van der Waals surface area contributed by atoms with Crippen molar-refractivity contribution in [2.75, 3.05) is 51.3 Å². The summed E-state index contributed by atoms with van der Waals surface area (Å²) in [5.74, 6) is 0.839. The number of halogens is 1. The standard InChI is InChI=1S/C22H35N5O.HI/c1-17(18-7-5-8-19(13-18)26-10-3-4-11-26)25-22(23-2)24-14-21-15-27-12-6-9-20(27)16-28-21;/h5,7-8,13,17,20-21H,3-4,6,9-12,14-16H2,1-2H3,(H2,23,24,25);1H. The number of anilines is 1. The molecule has 7 heteroatoms. The molecule has 0 aromatic heterocycles. The van der Waals surface area contributed by atoms with Gasteiger partial charge < -0.3 is 20.3 Å². The monoisotopic (exact) mass is 513 g/mol. The number of nitrogens with zero attached hydrogens (tertiary/aromatic N) is 3. The highest BCUT2D eigenvalue weighted by atomic mass is 127. The lowest BCUT2D eigenvalue weighted by Crippen LogP contribution is -2.51. The van der Waals surface area contributed by atoms with E-state index in [1.807, 2.05) is 7.05 Å². The third kappa shape index (κ3) is 5.76. The summed E-state index contributed by atoms with van der Waals surface area (Å²) in [6.07, 6.45) is 5.44. The van der Waals surface area contributed by atoms with Crippen LogP contribution in [0.5, 0.6) is 0 Å². The van der Waals surface area contributed by atoms with E-state index in [1.54, 1.807) is 0 Å². The zero-order valence-electron chi connectivity index (χ0n) is 17.8. The zero-order chi connectivity index (χ0) is 19.3. The molecular formula is C22H36IN5O. The summed E-state index contributed by atoms with van der Waals surface area (Å²) in [5.41, 5.74) is 2.63. The van der Waals surface area contributed by atoms with Crippen molar-refractivity contribution < 1.29 is 4.74 Å². The maximum Gasteiger partial charge on any atom is 0.191 e. The largest absolute Gasteiger partial charge is 0.373 e. The predicted octanol–water partition coefficient (Wildman–Crippen LogP) is 2.99. The van der Waals surface area contributed by atoms with Crippen molar-refractivity contribution in [1.29, 1.82) is 0 Å². The maximum atomic E-state index is 6.06. The molecule has 3 unspecified atom stereocenters. The van der Waals surface area contributed by atoms with Crippen LogP contribution in [-0.2, 0) is 4.74 Å². The first-order valence-corrected chi connectivity index (χ1v) is 10.9. The van der Waals surface area contributed by atoms with Crippen molar-refractivity contribution >= 4 is 35.6 Å². The highest BCUT2D eigenvalue weighted by molar-refractivity contribution is 14.0. The minimum atomic E-state index is 0. The Morgan fingerprint density at radius 2 is 2.07 bits per heavy atom. The number of aliphatic imine (C=N–C) groups is 1. The van der Waals surface area contributed by atoms with Crippen LogP contribution in [-0.4, -0.2) is 69.4 Å². The first-order chi connectivity index (χ1) is 13.7. The van der Waals surface area contributed by atoms with E-state index in [4.69, 9.17) is 4.74 Å². The molecule has 4 rings (SSSR count). The molecule has 0 saturated carbocycles. The number of hydrogen-bond donors (Lipinski definition) is 2. The van der Waals surface area contributed by atoms with Gasteiger partial charge in [-0.15, -0.1) is 24.0 Å². The summed E-state index contributed by atoms with van der Waals surface area (Å²) in [4.78, 5) is 9.48. The number of guanidine groups is 1. The van der Waals surface area contributed by atoms with Gasteiger partial charge in [-0.3, -0.25) is 9.89 Å². The predicted molar refractivity (Wildman–Crippen MR) is 131 cm³/mol. The van der Waals surface area contributed by atoms with Crippen LogP contribution in [0.2, 0.25) is 0 Å². The van der Waals surface area contributed by atoms with Gasteiger partial charge in [-0.2, -0.15) is 0 Å². The van der Waals surface area contributed by atoms with Crippen molar-refractivity contribution in [3.05, 3.63) is 29.8 Å². The van der Waals surface area contributed by atoms with Crippen molar-refractivity contribution in [3.63, 3.8) is 0 Å². The summed E-state index contributed by atoms with van der Waals surface area (Å²) < 4.78 is 6.06. The Morgan fingerprint density at radius 1 is 1.24 bits per heavy atom. The van der Waals surface area contributed by atoms with Crippen molar-refractivity contribution in [1.82, 2.24) is 15.5 Å². The van der Waals surface area contributed by atoms with Crippen LogP contribution in [0.3, 0.4) is 0 Å².